The Labute approximate surface area is 204 Å². The van der Waals surface area contributed by atoms with Crippen LogP contribution in [0.5, 0.6) is 11.5 Å². The number of fused-ring (bicyclic) bond motifs is 1. The highest BCUT2D eigenvalue weighted by molar-refractivity contribution is 7.22. The van der Waals surface area contributed by atoms with Crippen LogP contribution in [-0.4, -0.2) is 55.2 Å². The van der Waals surface area contributed by atoms with Crippen molar-refractivity contribution in [1.29, 1.82) is 0 Å². The Bertz CT molecular complexity index is 994. The smallest absolute Gasteiger partial charge is 0.266 e. The van der Waals surface area contributed by atoms with Crippen molar-refractivity contribution in [1.82, 2.24) is 9.88 Å². The number of aromatic nitrogens is 1. The van der Waals surface area contributed by atoms with E-state index in [4.69, 9.17) is 26.1 Å². The molecule has 1 aromatic heterocycles. The number of rotatable bonds is 11. The summed E-state index contributed by atoms with van der Waals surface area (Å²) in [6.45, 7) is 9.89. The second-order valence-electron chi connectivity index (χ2n) is 6.87. The van der Waals surface area contributed by atoms with Gasteiger partial charge in [0.25, 0.3) is 5.91 Å². The van der Waals surface area contributed by atoms with Crippen molar-refractivity contribution in [3.05, 3.63) is 47.5 Å². The van der Waals surface area contributed by atoms with Crippen molar-refractivity contribution >= 4 is 56.6 Å². The molecule has 0 aliphatic heterocycles. The lowest BCUT2D eigenvalue weighted by atomic mass is 10.3. The Hall–Kier alpha value is -2.06. The lowest BCUT2D eigenvalue weighted by Gasteiger charge is -2.24. The molecule has 0 unspecified atom stereocenters. The quantitative estimate of drug-likeness (QED) is 0.348. The van der Waals surface area contributed by atoms with E-state index in [-0.39, 0.29) is 24.9 Å². The maximum atomic E-state index is 13.1. The molecule has 1 amide bonds. The molecule has 0 radical (unpaired) electrons. The zero-order valence-electron chi connectivity index (χ0n) is 18.5. The molecule has 0 aliphatic carbocycles. The van der Waals surface area contributed by atoms with Gasteiger partial charge in [-0.2, -0.15) is 0 Å². The zero-order chi connectivity index (χ0) is 22.2. The van der Waals surface area contributed by atoms with Crippen LogP contribution in [-0.2, 0) is 4.79 Å². The van der Waals surface area contributed by atoms with Gasteiger partial charge in [0.05, 0.1) is 16.8 Å². The fourth-order valence-electron chi connectivity index (χ4n) is 3.13. The number of thiazole rings is 1. The average Bonchev–Trinajstić information content (AvgIpc) is 3.19. The van der Waals surface area contributed by atoms with Gasteiger partial charge in [0.2, 0.25) is 0 Å². The van der Waals surface area contributed by atoms with Gasteiger partial charge in [-0.05, 0) is 62.5 Å². The second-order valence-corrected chi connectivity index (χ2v) is 8.32. The maximum absolute atomic E-state index is 13.1. The van der Waals surface area contributed by atoms with Crippen LogP contribution in [0.4, 0.5) is 5.13 Å². The summed E-state index contributed by atoms with van der Waals surface area (Å²) in [7, 11) is 0. The number of anilines is 1. The van der Waals surface area contributed by atoms with Crippen LogP contribution in [0.2, 0.25) is 5.02 Å². The third kappa shape index (κ3) is 6.97. The van der Waals surface area contributed by atoms with E-state index in [9.17, 15) is 4.79 Å². The van der Waals surface area contributed by atoms with Crippen molar-refractivity contribution in [3.63, 3.8) is 0 Å². The van der Waals surface area contributed by atoms with E-state index in [2.05, 4.69) is 18.7 Å². The topological polar surface area (TPSA) is 54.9 Å². The summed E-state index contributed by atoms with van der Waals surface area (Å²) in [5.41, 5.74) is 0.850. The first-order valence-electron chi connectivity index (χ1n) is 10.5. The van der Waals surface area contributed by atoms with Crippen LogP contribution in [0.3, 0.4) is 0 Å². The molecule has 0 spiro atoms. The van der Waals surface area contributed by atoms with E-state index in [0.29, 0.717) is 29.1 Å². The summed E-state index contributed by atoms with van der Waals surface area (Å²) in [4.78, 5) is 21.8. The van der Waals surface area contributed by atoms with E-state index >= 15 is 0 Å². The van der Waals surface area contributed by atoms with Crippen molar-refractivity contribution < 1.29 is 14.3 Å². The zero-order valence-corrected chi connectivity index (χ0v) is 20.9. The van der Waals surface area contributed by atoms with Crippen LogP contribution in [0.1, 0.15) is 20.8 Å². The molecule has 0 fully saturated rings. The maximum Gasteiger partial charge on any atom is 0.266 e. The monoisotopic (exact) mass is 497 g/mol. The molecule has 174 valence electrons. The molecule has 3 rings (SSSR count). The SMILES string of the molecule is CCOc1ccc2nc(N(CCN(CC)CC)C(=O)COc3ccc(Cl)cc3)sc2c1.Cl. The number of likely N-dealkylation sites (N-methyl/N-ethyl adjacent to an activating group) is 1. The van der Waals surface area contributed by atoms with Gasteiger partial charge in [-0.3, -0.25) is 9.69 Å². The van der Waals surface area contributed by atoms with Crippen LogP contribution >= 0.6 is 35.3 Å². The highest BCUT2D eigenvalue weighted by Crippen LogP contribution is 2.31. The van der Waals surface area contributed by atoms with Crippen molar-refractivity contribution in [2.24, 2.45) is 0 Å². The summed E-state index contributed by atoms with van der Waals surface area (Å²) in [6.07, 6.45) is 0. The van der Waals surface area contributed by atoms with Gasteiger partial charge < -0.3 is 14.4 Å². The summed E-state index contributed by atoms with van der Waals surface area (Å²) in [5, 5.41) is 1.29. The third-order valence-corrected chi connectivity index (χ3v) is 6.19. The Balaban J connectivity index is 0.00000363. The minimum Gasteiger partial charge on any atom is -0.494 e. The molecule has 0 bridgehead atoms. The van der Waals surface area contributed by atoms with Crippen molar-refractivity contribution in [2.45, 2.75) is 20.8 Å². The molecule has 0 saturated heterocycles. The molecule has 0 N–H and O–H groups in total. The summed E-state index contributed by atoms with van der Waals surface area (Å²) in [5.74, 6) is 1.27. The molecule has 3 aromatic rings. The minimum absolute atomic E-state index is 0. The molecule has 0 atom stereocenters. The summed E-state index contributed by atoms with van der Waals surface area (Å²) < 4.78 is 12.3. The van der Waals surface area contributed by atoms with Gasteiger partial charge >= 0.3 is 0 Å². The predicted molar refractivity (Wildman–Crippen MR) is 135 cm³/mol. The van der Waals surface area contributed by atoms with Gasteiger partial charge in [0.15, 0.2) is 11.7 Å². The number of carbonyl (C=O) groups excluding carboxylic acids is 1. The number of benzene rings is 2. The van der Waals surface area contributed by atoms with E-state index < -0.39 is 0 Å². The van der Waals surface area contributed by atoms with E-state index in [1.165, 1.54) is 11.3 Å². The molecule has 32 heavy (non-hydrogen) atoms. The fourth-order valence-corrected chi connectivity index (χ4v) is 4.29. The van der Waals surface area contributed by atoms with Gasteiger partial charge in [0.1, 0.15) is 11.5 Å². The molecule has 1 heterocycles. The highest BCUT2D eigenvalue weighted by Gasteiger charge is 2.21. The lowest BCUT2D eigenvalue weighted by Crippen LogP contribution is -2.41. The standard InChI is InChI=1S/C23H28ClN3O3S.ClH/c1-4-26(5-2)13-14-27(22(28)16-30-18-9-7-17(24)8-10-18)23-25-20-12-11-19(29-6-3)15-21(20)31-23;/h7-12,15H,4-6,13-14,16H2,1-3H3;1H. The number of hydrogen-bond acceptors (Lipinski definition) is 6. The molecule has 2 aromatic carbocycles. The number of carbonyl (C=O) groups is 1. The molecule has 6 nitrogen and oxygen atoms in total. The Morgan fingerprint density at radius 3 is 2.34 bits per heavy atom. The highest BCUT2D eigenvalue weighted by atomic mass is 35.5. The molecule has 9 heteroatoms. The molecule has 0 aliphatic rings. The van der Waals surface area contributed by atoms with Gasteiger partial charge in [-0.15, -0.1) is 12.4 Å². The number of nitrogens with zero attached hydrogens (tertiary/aromatic N) is 3. The van der Waals surface area contributed by atoms with Crippen LogP contribution < -0.4 is 14.4 Å². The number of ether oxygens (including phenoxy) is 2. The van der Waals surface area contributed by atoms with Gasteiger partial charge in [0, 0.05) is 18.1 Å². The summed E-state index contributed by atoms with van der Waals surface area (Å²) >= 11 is 7.41. The first-order chi connectivity index (χ1) is 15.0. The predicted octanol–water partition coefficient (Wildman–Crippen LogP) is 5.52. The second kappa shape index (κ2) is 12.8. The fraction of sp³-hybridized carbons (Fsp3) is 0.391. The number of hydrogen-bond donors (Lipinski definition) is 0. The Morgan fingerprint density at radius 1 is 1.00 bits per heavy atom. The van der Waals surface area contributed by atoms with Gasteiger partial charge in [-0.25, -0.2) is 4.98 Å². The Morgan fingerprint density at radius 2 is 1.69 bits per heavy atom. The number of halogens is 2. The van der Waals surface area contributed by atoms with Gasteiger partial charge in [-0.1, -0.05) is 36.8 Å². The first kappa shape index (κ1) is 26.2. The van der Waals surface area contributed by atoms with Crippen LogP contribution in [0.15, 0.2) is 42.5 Å². The average molecular weight is 498 g/mol. The van der Waals surface area contributed by atoms with E-state index in [1.54, 1.807) is 29.2 Å². The number of amides is 1. The molecular formula is C23H29Cl2N3O3S. The van der Waals surface area contributed by atoms with E-state index in [0.717, 1.165) is 35.6 Å². The normalized spacial score (nSPS) is 10.8. The van der Waals surface area contributed by atoms with E-state index in [1.807, 2.05) is 25.1 Å². The van der Waals surface area contributed by atoms with Crippen molar-refractivity contribution in [2.75, 3.05) is 44.3 Å². The van der Waals surface area contributed by atoms with Crippen LogP contribution in [0, 0.1) is 0 Å². The molecular weight excluding hydrogens is 469 g/mol. The van der Waals surface area contributed by atoms with Crippen LogP contribution in [0.25, 0.3) is 10.2 Å². The Kier molecular flexibility index (Phi) is 10.5. The molecule has 0 saturated carbocycles. The lowest BCUT2D eigenvalue weighted by molar-refractivity contribution is -0.120. The largest absolute Gasteiger partial charge is 0.494 e. The summed E-state index contributed by atoms with van der Waals surface area (Å²) in [6, 6.07) is 12.8. The third-order valence-electron chi connectivity index (χ3n) is 4.90. The minimum atomic E-state index is -0.133. The van der Waals surface area contributed by atoms with Crippen molar-refractivity contribution in [3.8, 4) is 11.5 Å². The first-order valence-corrected chi connectivity index (χ1v) is 11.7.